The largest absolute Gasteiger partial charge is 0.479 e. The molecular weight excluding hydrogens is 210 g/mol. The minimum Gasteiger partial charge on any atom is -0.479 e. The van der Waals surface area contributed by atoms with Crippen molar-refractivity contribution in [3.05, 3.63) is 34.9 Å². The number of rotatable bonds is 3. The Labute approximate surface area is 92.2 Å². The van der Waals surface area contributed by atoms with Crippen LogP contribution in [0.15, 0.2) is 18.2 Å². The van der Waals surface area contributed by atoms with E-state index in [9.17, 15) is 15.0 Å². The maximum absolute atomic E-state index is 10.5. The summed E-state index contributed by atoms with van der Waals surface area (Å²) in [5, 5.41) is 36.1. The SMILES string of the molecule is Cc1ccc(C#N)cc1C(O)C(O)C(=O)O. The summed E-state index contributed by atoms with van der Waals surface area (Å²) in [4.78, 5) is 10.5. The number of carboxylic acids is 1. The van der Waals surface area contributed by atoms with E-state index in [1.807, 2.05) is 6.07 Å². The number of hydrogen-bond donors (Lipinski definition) is 3. The Morgan fingerprint density at radius 1 is 1.44 bits per heavy atom. The Bertz CT molecular complexity index is 450. The van der Waals surface area contributed by atoms with Crippen molar-refractivity contribution in [3.63, 3.8) is 0 Å². The molecule has 0 aliphatic carbocycles. The lowest BCUT2D eigenvalue weighted by atomic mass is 9.97. The molecule has 0 radical (unpaired) electrons. The molecule has 0 amide bonds. The molecule has 2 unspecified atom stereocenters. The van der Waals surface area contributed by atoms with Gasteiger partial charge in [0.25, 0.3) is 0 Å². The molecule has 3 N–H and O–H groups in total. The first-order chi connectivity index (χ1) is 7.47. The fourth-order valence-corrected chi connectivity index (χ4v) is 1.33. The van der Waals surface area contributed by atoms with E-state index >= 15 is 0 Å². The third-order valence-corrected chi connectivity index (χ3v) is 2.28. The van der Waals surface area contributed by atoms with Gasteiger partial charge in [0.05, 0.1) is 11.6 Å². The van der Waals surface area contributed by atoms with Crippen molar-refractivity contribution in [2.24, 2.45) is 0 Å². The number of carbonyl (C=O) groups is 1. The van der Waals surface area contributed by atoms with Crippen LogP contribution in [-0.2, 0) is 4.79 Å². The smallest absolute Gasteiger partial charge is 0.335 e. The van der Waals surface area contributed by atoms with E-state index in [4.69, 9.17) is 10.4 Å². The summed E-state index contributed by atoms with van der Waals surface area (Å²) >= 11 is 0. The Balaban J connectivity index is 3.12. The van der Waals surface area contributed by atoms with Crippen LogP contribution in [0.4, 0.5) is 0 Å². The summed E-state index contributed by atoms with van der Waals surface area (Å²) in [6.07, 6.45) is -3.43. The van der Waals surface area contributed by atoms with Crippen molar-refractivity contribution in [1.82, 2.24) is 0 Å². The van der Waals surface area contributed by atoms with Crippen molar-refractivity contribution < 1.29 is 20.1 Å². The third-order valence-electron chi connectivity index (χ3n) is 2.28. The number of aryl methyl sites for hydroxylation is 1. The molecule has 1 aromatic carbocycles. The highest BCUT2D eigenvalue weighted by atomic mass is 16.4. The molecule has 5 nitrogen and oxygen atoms in total. The maximum atomic E-state index is 10.5. The molecule has 0 aliphatic heterocycles. The minimum atomic E-state index is -1.90. The van der Waals surface area contributed by atoms with E-state index in [0.717, 1.165) is 0 Å². The Kier molecular flexibility index (Phi) is 3.61. The molecule has 1 rings (SSSR count). The first kappa shape index (κ1) is 12.2. The second kappa shape index (κ2) is 4.75. The van der Waals surface area contributed by atoms with Gasteiger partial charge in [-0.1, -0.05) is 6.07 Å². The lowest BCUT2D eigenvalue weighted by Crippen LogP contribution is -2.28. The van der Waals surface area contributed by atoms with Crippen LogP contribution in [0.3, 0.4) is 0 Å². The van der Waals surface area contributed by atoms with Crippen LogP contribution in [0.5, 0.6) is 0 Å². The highest BCUT2D eigenvalue weighted by Crippen LogP contribution is 2.22. The molecule has 2 atom stereocenters. The molecular formula is C11H11NO4. The fraction of sp³-hybridized carbons (Fsp3) is 0.273. The first-order valence-corrected chi connectivity index (χ1v) is 4.57. The Hall–Kier alpha value is -1.90. The number of aliphatic hydroxyl groups excluding tert-OH is 2. The monoisotopic (exact) mass is 221 g/mol. The van der Waals surface area contributed by atoms with E-state index in [1.54, 1.807) is 19.1 Å². The molecule has 0 bridgehead atoms. The van der Waals surface area contributed by atoms with Crippen LogP contribution in [0, 0.1) is 18.3 Å². The lowest BCUT2D eigenvalue weighted by molar-refractivity contribution is -0.153. The summed E-state index contributed by atoms with van der Waals surface area (Å²) in [5.74, 6) is -1.51. The molecule has 1 aromatic rings. The molecule has 16 heavy (non-hydrogen) atoms. The van der Waals surface area contributed by atoms with Crippen molar-refractivity contribution in [2.75, 3.05) is 0 Å². The van der Waals surface area contributed by atoms with Crippen molar-refractivity contribution in [1.29, 1.82) is 5.26 Å². The van der Waals surface area contributed by atoms with E-state index in [0.29, 0.717) is 11.1 Å². The molecule has 5 heteroatoms. The predicted molar refractivity (Wildman–Crippen MR) is 54.5 cm³/mol. The molecule has 0 heterocycles. The molecule has 84 valence electrons. The number of aliphatic hydroxyl groups is 2. The number of carboxylic acid groups (broad SMARTS) is 1. The molecule has 0 aliphatic rings. The number of hydrogen-bond acceptors (Lipinski definition) is 4. The summed E-state index contributed by atoms with van der Waals surface area (Å²) in [6.45, 7) is 1.66. The van der Waals surface area contributed by atoms with Crippen LogP contribution in [0.25, 0.3) is 0 Å². The summed E-state index contributed by atoms with van der Waals surface area (Å²) < 4.78 is 0. The van der Waals surface area contributed by atoms with Gasteiger partial charge in [-0.25, -0.2) is 4.79 Å². The Morgan fingerprint density at radius 3 is 2.56 bits per heavy atom. The van der Waals surface area contributed by atoms with Gasteiger partial charge in [-0.2, -0.15) is 5.26 Å². The average Bonchev–Trinajstić information content (AvgIpc) is 2.27. The average molecular weight is 221 g/mol. The van der Waals surface area contributed by atoms with Crippen molar-refractivity contribution in [2.45, 2.75) is 19.1 Å². The van der Waals surface area contributed by atoms with Gasteiger partial charge in [-0.3, -0.25) is 0 Å². The van der Waals surface area contributed by atoms with E-state index in [-0.39, 0.29) is 5.56 Å². The van der Waals surface area contributed by atoms with Crippen LogP contribution >= 0.6 is 0 Å². The third kappa shape index (κ3) is 2.37. The van der Waals surface area contributed by atoms with Gasteiger partial charge in [0.1, 0.15) is 6.10 Å². The van der Waals surface area contributed by atoms with Crippen LogP contribution in [0.1, 0.15) is 22.8 Å². The summed E-state index contributed by atoms with van der Waals surface area (Å²) in [6, 6.07) is 6.39. The van der Waals surface area contributed by atoms with E-state index < -0.39 is 18.2 Å². The zero-order chi connectivity index (χ0) is 12.3. The zero-order valence-electron chi connectivity index (χ0n) is 8.58. The second-order valence-corrected chi connectivity index (χ2v) is 3.41. The first-order valence-electron chi connectivity index (χ1n) is 4.57. The molecule has 0 spiro atoms. The fourth-order valence-electron chi connectivity index (χ4n) is 1.33. The second-order valence-electron chi connectivity index (χ2n) is 3.41. The molecule has 0 aromatic heterocycles. The predicted octanol–water partition coefficient (Wildman–Crippen LogP) is 0.346. The van der Waals surface area contributed by atoms with Gasteiger partial charge in [0.15, 0.2) is 6.10 Å². The highest BCUT2D eigenvalue weighted by Gasteiger charge is 2.26. The van der Waals surface area contributed by atoms with Gasteiger partial charge >= 0.3 is 5.97 Å². The maximum Gasteiger partial charge on any atom is 0.335 e. The number of benzene rings is 1. The van der Waals surface area contributed by atoms with E-state index in [2.05, 4.69) is 0 Å². The van der Waals surface area contributed by atoms with Gasteiger partial charge in [-0.05, 0) is 30.2 Å². The van der Waals surface area contributed by atoms with Crippen LogP contribution < -0.4 is 0 Å². The van der Waals surface area contributed by atoms with Crippen LogP contribution in [-0.4, -0.2) is 27.4 Å². The van der Waals surface area contributed by atoms with Crippen LogP contribution in [0.2, 0.25) is 0 Å². The quantitative estimate of drug-likeness (QED) is 0.683. The number of nitriles is 1. The summed E-state index contributed by atoms with van der Waals surface area (Å²) in [5.41, 5.74) is 1.16. The standard InChI is InChI=1S/C11H11NO4/c1-6-2-3-7(5-12)4-8(6)9(13)10(14)11(15)16/h2-4,9-10,13-14H,1H3,(H,15,16). The van der Waals surface area contributed by atoms with E-state index in [1.165, 1.54) is 6.07 Å². The number of aliphatic carboxylic acids is 1. The van der Waals surface area contributed by atoms with Gasteiger partial charge < -0.3 is 15.3 Å². The number of nitrogens with zero attached hydrogens (tertiary/aromatic N) is 1. The van der Waals surface area contributed by atoms with Crippen molar-refractivity contribution >= 4 is 5.97 Å². The van der Waals surface area contributed by atoms with Gasteiger partial charge in [0.2, 0.25) is 0 Å². The molecule has 0 saturated heterocycles. The lowest BCUT2D eigenvalue weighted by Gasteiger charge is -2.16. The molecule has 0 fully saturated rings. The topological polar surface area (TPSA) is 102 Å². The highest BCUT2D eigenvalue weighted by molar-refractivity contribution is 5.73. The summed E-state index contributed by atoms with van der Waals surface area (Å²) in [7, 11) is 0. The van der Waals surface area contributed by atoms with Gasteiger partial charge in [-0.15, -0.1) is 0 Å². The Morgan fingerprint density at radius 2 is 2.06 bits per heavy atom. The normalized spacial score (nSPS) is 13.9. The van der Waals surface area contributed by atoms with Gasteiger partial charge in [0, 0.05) is 0 Å². The molecule has 0 saturated carbocycles. The minimum absolute atomic E-state index is 0.244. The van der Waals surface area contributed by atoms with Crippen molar-refractivity contribution in [3.8, 4) is 6.07 Å². The zero-order valence-corrected chi connectivity index (χ0v) is 8.58.